The summed E-state index contributed by atoms with van der Waals surface area (Å²) >= 11 is 1.42. The van der Waals surface area contributed by atoms with Gasteiger partial charge in [-0.2, -0.15) is 0 Å². The quantitative estimate of drug-likeness (QED) is 0.485. The third kappa shape index (κ3) is 4.96. The number of esters is 1. The van der Waals surface area contributed by atoms with Crippen LogP contribution in [0.3, 0.4) is 0 Å². The third-order valence-corrected chi connectivity index (χ3v) is 6.05. The lowest BCUT2D eigenvalue weighted by atomic mass is 9.97. The maximum Gasteiger partial charge on any atom is 0.309 e. The zero-order chi connectivity index (χ0) is 19.9. The predicted molar refractivity (Wildman–Crippen MR) is 105 cm³/mol. The van der Waals surface area contributed by atoms with Gasteiger partial charge >= 0.3 is 5.97 Å². The van der Waals surface area contributed by atoms with Gasteiger partial charge in [0.25, 0.3) is 0 Å². The highest BCUT2D eigenvalue weighted by atomic mass is 32.2. The van der Waals surface area contributed by atoms with Gasteiger partial charge in [0.1, 0.15) is 0 Å². The van der Waals surface area contributed by atoms with Gasteiger partial charge in [0.15, 0.2) is 5.16 Å². The molecular formula is C18H29N5O4S. The molecule has 1 aromatic rings. The van der Waals surface area contributed by atoms with Gasteiger partial charge in [-0.25, -0.2) is 0 Å². The number of nitrogens with zero attached hydrogens (tertiary/aromatic N) is 5. The van der Waals surface area contributed by atoms with Gasteiger partial charge in [-0.1, -0.05) is 11.8 Å². The molecule has 3 rings (SSSR count). The van der Waals surface area contributed by atoms with Gasteiger partial charge in [-0.15, -0.1) is 10.2 Å². The molecule has 1 aromatic heterocycles. The molecule has 0 aromatic carbocycles. The smallest absolute Gasteiger partial charge is 0.309 e. The normalized spacial score (nSPS) is 18.4. The molecule has 0 atom stereocenters. The molecule has 0 aliphatic carbocycles. The predicted octanol–water partition coefficient (Wildman–Crippen LogP) is 1.03. The van der Waals surface area contributed by atoms with E-state index in [0.29, 0.717) is 51.5 Å². The van der Waals surface area contributed by atoms with Gasteiger partial charge in [-0.05, 0) is 26.7 Å². The van der Waals surface area contributed by atoms with Gasteiger partial charge in [0.05, 0.1) is 31.5 Å². The summed E-state index contributed by atoms with van der Waals surface area (Å²) in [5.74, 6) is 1.01. The molecule has 10 heteroatoms. The summed E-state index contributed by atoms with van der Waals surface area (Å²) in [6.45, 7) is 9.21. The fourth-order valence-corrected chi connectivity index (χ4v) is 4.40. The summed E-state index contributed by atoms with van der Waals surface area (Å²) in [7, 11) is 0. The Balaban J connectivity index is 1.51. The Morgan fingerprint density at radius 1 is 1.14 bits per heavy atom. The van der Waals surface area contributed by atoms with Crippen LogP contribution in [0.5, 0.6) is 0 Å². The van der Waals surface area contributed by atoms with E-state index in [1.807, 2.05) is 11.8 Å². The number of piperidine rings is 1. The monoisotopic (exact) mass is 411 g/mol. The number of carbonyl (C=O) groups excluding carboxylic acids is 2. The highest BCUT2D eigenvalue weighted by Crippen LogP contribution is 2.24. The fraction of sp³-hybridized carbons (Fsp3) is 0.778. The Bertz CT molecular complexity index is 669. The number of likely N-dealkylation sites (tertiary alicyclic amines) is 1. The Hall–Kier alpha value is -1.81. The van der Waals surface area contributed by atoms with E-state index in [-0.39, 0.29) is 17.8 Å². The van der Waals surface area contributed by atoms with Crippen LogP contribution in [-0.2, 0) is 25.6 Å². The number of carbonyl (C=O) groups is 2. The summed E-state index contributed by atoms with van der Waals surface area (Å²) in [4.78, 5) is 28.4. The van der Waals surface area contributed by atoms with E-state index in [0.717, 1.165) is 30.7 Å². The minimum Gasteiger partial charge on any atom is -0.466 e. The maximum absolute atomic E-state index is 12.6. The number of anilines is 1. The van der Waals surface area contributed by atoms with Crippen LogP contribution in [0.4, 0.5) is 5.95 Å². The summed E-state index contributed by atoms with van der Waals surface area (Å²) < 4.78 is 12.5. The number of hydrogen-bond acceptors (Lipinski definition) is 8. The number of aromatic nitrogens is 3. The first kappa shape index (κ1) is 20.9. The summed E-state index contributed by atoms with van der Waals surface area (Å²) in [5, 5.41) is 9.39. The van der Waals surface area contributed by atoms with Gasteiger partial charge < -0.3 is 19.3 Å². The molecule has 3 heterocycles. The number of amides is 1. The molecule has 0 spiro atoms. The Morgan fingerprint density at radius 3 is 2.50 bits per heavy atom. The van der Waals surface area contributed by atoms with Crippen molar-refractivity contribution in [3.8, 4) is 0 Å². The second kappa shape index (κ2) is 10.1. The van der Waals surface area contributed by atoms with Crippen LogP contribution in [-0.4, -0.2) is 83.3 Å². The van der Waals surface area contributed by atoms with Crippen molar-refractivity contribution in [1.29, 1.82) is 0 Å². The van der Waals surface area contributed by atoms with Gasteiger partial charge in [0, 0.05) is 32.7 Å². The molecule has 2 saturated heterocycles. The summed E-state index contributed by atoms with van der Waals surface area (Å²) in [5.41, 5.74) is 0. The molecule has 156 valence electrons. The number of ether oxygens (including phenoxy) is 2. The standard InChI is InChI=1S/C18H29N5O4S/c1-3-23-17(22-9-11-26-12-10-22)19-20-18(23)28-13-15(24)21-7-5-14(6-8-21)16(25)27-4-2/h14H,3-13H2,1-2H3. The minimum atomic E-state index is -0.143. The van der Waals surface area contributed by atoms with Crippen molar-refractivity contribution in [3.05, 3.63) is 0 Å². The molecule has 0 unspecified atom stereocenters. The lowest BCUT2D eigenvalue weighted by Gasteiger charge is -2.30. The van der Waals surface area contributed by atoms with Crippen molar-refractivity contribution in [3.63, 3.8) is 0 Å². The van der Waals surface area contributed by atoms with Crippen molar-refractivity contribution >= 4 is 29.6 Å². The van der Waals surface area contributed by atoms with Crippen LogP contribution in [0.2, 0.25) is 0 Å². The lowest BCUT2D eigenvalue weighted by Crippen LogP contribution is -2.41. The minimum absolute atomic E-state index is 0.0749. The van der Waals surface area contributed by atoms with Crippen molar-refractivity contribution in [2.45, 2.75) is 38.4 Å². The molecule has 0 radical (unpaired) electrons. The third-order valence-electron chi connectivity index (χ3n) is 5.10. The largest absolute Gasteiger partial charge is 0.466 e. The first-order chi connectivity index (χ1) is 13.6. The second-order valence-electron chi connectivity index (χ2n) is 6.82. The van der Waals surface area contributed by atoms with Gasteiger partial charge in [-0.3, -0.25) is 14.2 Å². The van der Waals surface area contributed by atoms with E-state index in [1.165, 1.54) is 11.8 Å². The molecule has 0 N–H and O–H groups in total. The summed E-state index contributed by atoms with van der Waals surface area (Å²) in [6, 6.07) is 0. The van der Waals surface area contributed by atoms with Crippen LogP contribution < -0.4 is 4.90 Å². The van der Waals surface area contributed by atoms with Crippen molar-refractivity contribution in [1.82, 2.24) is 19.7 Å². The van der Waals surface area contributed by atoms with Gasteiger partial charge in [0.2, 0.25) is 11.9 Å². The maximum atomic E-state index is 12.6. The molecular weight excluding hydrogens is 382 g/mol. The number of morpholine rings is 1. The van der Waals surface area contributed by atoms with Crippen LogP contribution in [0.1, 0.15) is 26.7 Å². The molecule has 9 nitrogen and oxygen atoms in total. The van der Waals surface area contributed by atoms with Crippen LogP contribution in [0.25, 0.3) is 0 Å². The number of thioether (sulfide) groups is 1. The van der Waals surface area contributed by atoms with E-state index in [9.17, 15) is 9.59 Å². The van der Waals surface area contributed by atoms with Crippen molar-refractivity contribution in [2.75, 3.05) is 56.7 Å². The van der Waals surface area contributed by atoms with E-state index in [2.05, 4.69) is 26.6 Å². The average molecular weight is 412 g/mol. The number of hydrogen-bond donors (Lipinski definition) is 0. The zero-order valence-electron chi connectivity index (χ0n) is 16.6. The first-order valence-electron chi connectivity index (χ1n) is 9.97. The Morgan fingerprint density at radius 2 is 1.86 bits per heavy atom. The van der Waals surface area contributed by atoms with E-state index >= 15 is 0 Å². The fourth-order valence-electron chi connectivity index (χ4n) is 3.50. The van der Waals surface area contributed by atoms with Crippen molar-refractivity contribution < 1.29 is 19.1 Å². The van der Waals surface area contributed by atoms with E-state index in [1.54, 1.807) is 0 Å². The zero-order valence-corrected chi connectivity index (χ0v) is 17.4. The Labute approximate surface area is 169 Å². The highest BCUT2D eigenvalue weighted by molar-refractivity contribution is 7.99. The van der Waals surface area contributed by atoms with Crippen molar-refractivity contribution in [2.24, 2.45) is 5.92 Å². The topological polar surface area (TPSA) is 89.8 Å². The number of rotatable bonds is 7. The van der Waals surface area contributed by atoms with Crippen LogP contribution in [0, 0.1) is 5.92 Å². The molecule has 1 amide bonds. The first-order valence-corrected chi connectivity index (χ1v) is 11.0. The molecule has 0 bridgehead atoms. The molecule has 2 aliphatic heterocycles. The molecule has 2 aliphatic rings. The van der Waals surface area contributed by atoms with E-state index in [4.69, 9.17) is 9.47 Å². The molecule has 2 fully saturated rings. The van der Waals surface area contributed by atoms with Crippen LogP contribution >= 0.6 is 11.8 Å². The average Bonchev–Trinajstić information content (AvgIpc) is 3.16. The molecule has 0 saturated carbocycles. The second-order valence-corrected chi connectivity index (χ2v) is 7.76. The Kier molecular flexibility index (Phi) is 7.55. The highest BCUT2D eigenvalue weighted by Gasteiger charge is 2.28. The molecule has 28 heavy (non-hydrogen) atoms. The van der Waals surface area contributed by atoms with E-state index < -0.39 is 0 Å². The summed E-state index contributed by atoms with van der Waals surface area (Å²) in [6.07, 6.45) is 1.34. The van der Waals surface area contributed by atoms with Crippen LogP contribution in [0.15, 0.2) is 5.16 Å². The SMILES string of the molecule is CCOC(=O)C1CCN(C(=O)CSc2nnc(N3CCOCC3)n2CC)CC1. The lowest BCUT2D eigenvalue weighted by molar-refractivity contribution is -0.151.